The first-order valence-electron chi connectivity index (χ1n) is 9.38. The molecule has 1 atom stereocenters. The average Bonchev–Trinajstić information content (AvgIpc) is 3.45. The molecule has 1 aliphatic carbocycles. The fraction of sp³-hybridized carbons (Fsp3) is 0.333. The summed E-state index contributed by atoms with van der Waals surface area (Å²) in [5, 5.41) is 9.65. The summed E-state index contributed by atoms with van der Waals surface area (Å²) in [4.78, 5) is 0. The Morgan fingerprint density at radius 3 is 2.38 bits per heavy atom. The SMILES string of the molecule is CC(Sc1nnc(C2CC2)n1Cc1ccccc1)c1ccc(OC(F)(F)F)cc1. The molecule has 29 heavy (non-hydrogen) atoms. The van der Waals surface area contributed by atoms with Crippen LogP contribution in [0.1, 0.15) is 47.9 Å². The summed E-state index contributed by atoms with van der Waals surface area (Å²) in [7, 11) is 0. The first kappa shape index (κ1) is 19.8. The molecule has 0 N–H and O–H groups in total. The molecule has 0 radical (unpaired) electrons. The number of nitrogens with zero attached hydrogens (tertiary/aromatic N) is 3. The smallest absolute Gasteiger partial charge is 0.406 e. The molecule has 4 rings (SSSR count). The number of alkyl halides is 3. The van der Waals surface area contributed by atoms with Crippen LogP contribution in [-0.2, 0) is 6.54 Å². The van der Waals surface area contributed by atoms with Gasteiger partial charge in [-0.2, -0.15) is 0 Å². The third-order valence-electron chi connectivity index (χ3n) is 4.74. The molecule has 1 saturated carbocycles. The second kappa shape index (κ2) is 8.10. The minimum atomic E-state index is -4.69. The molecule has 0 saturated heterocycles. The van der Waals surface area contributed by atoms with Crippen LogP contribution in [0.2, 0.25) is 0 Å². The Labute approximate surface area is 171 Å². The van der Waals surface area contributed by atoms with E-state index in [2.05, 4.69) is 31.6 Å². The topological polar surface area (TPSA) is 39.9 Å². The maximum absolute atomic E-state index is 12.3. The normalized spacial score (nSPS) is 15.3. The maximum Gasteiger partial charge on any atom is 0.573 e. The fourth-order valence-electron chi connectivity index (χ4n) is 3.11. The van der Waals surface area contributed by atoms with Gasteiger partial charge in [0.1, 0.15) is 11.6 Å². The predicted octanol–water partition coefficient (Wildman–Crippen LogP) is 5.96. The molecule has 1 fully saturated rings. The minimum Gasteiger partial charge on any atom is -0.406 e. The van der Waals surface area contributed by atoms with Crippen LogP contribution in [0.15, 0.2) is 59.8 Å². The zero-order valence-corrected chi connectivity index (χ0v) is 16.6. The van der Waals surface area contributed by atoms with Crippen molar-refractivity contribution in [2.24, 2.45) is 0 Å². The highest BCUT2D eigenvalue weighted by molar-refractivity contribution is 7.99. The Bertz CT molecular complexity index is 954. The van der Waals surface area contributed by atoms with E-state index in [9.17, 15) is 13.2 Å². The number of aromatic nitrogens is 3. The van der Waals surface area contributed by atoms with Crippen LogP contribution in [0.4, 0.5) is 13.2 Å². The van der Waals surface area contributed by atoms with Gasteiger partial charge in [-0.25, -0.2) is 0 Å². The molecule has 0 spiro atoms. The van der Waals surface area contributed by atoms with E-state index in [1.54, 1.807) is 23.9 Å². The molecule has 1 unspecified atom stereocenters. The van der Waals surface area contributed by atoms with Gasteiger partial charge in [0, 0.05) is 11.2 Å². The second-order valence-corrected chi connectivity index (χ2v) is 8.37. The van der Waals surface area contributed by atoms with E-state index in [1.807, 2.05) is 25.1 Å². The van der Waals surface area contributed by atoms with Gasteiger partial charge < -0.3 is 9.30 Å². The third kappa shape index (κ3) is 5.12. The van der Waals surface area contributed by atoms with Crippen molar-refractivity contribution in [3.63, 3.8) is 0 Å². The monoisotopic (exact) mass is 419 g/mol. The Balaban J connectivity index is 1.51. The average molecular weight is 419 g/mol. The van der Waals surface area contributed by atoms with Gasteiger partial charge in [0.25, 0.3) is 0 Å². The highest BCUT2D eigenvalue weighted by Gasteiger charge is 2.32. The molecule has 0 aliphatic heterocycles. The fourth-order valence-corrected chi connectivity index (χ4v) is 4.09. The van der Waals surface area contributed by atoms with Crippen LogP contribution >= 0.6 is 11.8 Å². The Hall–Kier alpha value is -2.48. The van der Waals surface area contributed by atoms with Crippen molar-refractivity contribution < 1.29 is 17.9 Å². The zero-order chi connectivity index (χ0) is 20.4. The Kier molecular flexibility index (Phi) is 5.54. The largest absolute Gasteiger partial charge is 0.573 e. The predicted molar refractivity (Wildman–Crippen MR) is 105 cm³/mol. The zero-order valence-electron chi connectivity index (χ0n) is 15.8. The molecular formula is C21H20F3N3OS. The van der Waals surface area contributed by atoms with Crippen LogP contribution in [0, 0.1) is 0 Å². The highest BCUT2D eigenvalue weighted by atomic mass is 32.2. The molecule has 3 aromatic rings. The number of hydrogen-bond donors (Lipinski definition) is 0. The van der Waals surface area contributed by atoms with E-state index in [4.69, 9.17) is 0 Å². The summed E-state index contributed by atoms with van der Waals surface area (Å²) in [6, 6.07) is 16.1. The Morgan fingerprint density at radius 1 is 1.07 bits per heavy atom. The quantitative estimate of drug-likeness (QED) is 0.443. The lowest BCUT2D eigenvalue weighted by Gasteiger charge is -2.15. The first-order chi connectivity index (χ1) is 13.9. The van der Waals surface area contributed by atoms with Crippen molar-refractivity contribution in [1.29, 1.82) is 0 Å². The van der Waals surface area contributed by atoms with E-state index >= 15 is 0 Å². The van der Waals surface area contributed by atoms with Crippen molar-refractivity contribution in [2.75, 3.05) is 0 Å². The summed E-state index contributed by atoms with van der Waals surface area (Å²) in [5.74, 6) is 1.26. The van der Waals surface area contributed by atoms with Crippen LogP contribution in [0.3, 0.4) is 0 Å². The van der Waals surface area contributed by atoms with Crippen molar-refractivity contribution in [1.82, 2.24) is 14.8 Å². The lowest BCUT2D eigenvalue weighted by atomic mass is 10.2. The lowest BCUT2D eigenvalue weighted by Crippen LogP contribution is -2.17. The Morgan fingerprint density at radius 2 is 1.76 bits per heavy atom. The van der Waals surface area contributed by atoms with E-state index in [0.717, 1.165) is 29.4 Å². The number of ether oxygens (including phenoxy) is 1. The van der Waals surface area contributed by atoms with E-state index < -0.39 is 6.36 Å². The van der Waals surface area contributed by atoms with Crippen LogP contribution in [0.5, 0.6) is 5.75 Å². The molecule has 8 heteroatoms. The van der Waals surface area contributed by atoms with Crippen molar-refractivity contribution in [3.8, 4) is 5.75 Å². The van der Waals surface area contributed by atoms with E-state index in [-0.39, 0.29) is 11.0 Å². The van der Waals surface area contributed by atoms with Crippen LogP contribution in [0.25, 0.3) is 0 Å². The lowest BCUT2D eigenvalue weighted by molar-refractivity contribution is -0.274. The van der Waals surface area contributed by atoms with Crippen LogP contribution in [-0.4, -0.2) is 21.1 Å². The number of benzene rings is 2. The molecule has 1 heterocycles. The number of halogens is 3. The number of rotatable bonds is 7. The molecule has 1 aromatic heterocycles. The summed E-state index contributed by atoms with van der Waals surface area (Å²) < 4.78 is 43.1. The van der Waals surface area contributed by atoms with Gasteiger partial charge in [0.05, 0.1) is 6.54 Å². The summed E-state index contributed by atoms with van der Waals surface area (Å²) in [6.45, 7) is 2.70. The molecule has 2 aromatic carbocycles. The summed E-state index contributed by atoms with van der Waals surface area (Å²) >= 11 is 1.55. The minimum absolute atomic E-state index is 0.000660. The van der Waals surface area contributed by atoms with E-state index in [0.29, 0.717) is 12.5 Å². The molecule has 4 nitrogen and oxygen atoms in total. The van der Waals surface area contributed by atoms with Gasteiger partial charge in [0.15, 0.2) is 5.16 Å². The molecule has 0 amide bonds. The van der Waals surface area contributed by atoms with Gasteiger partial charge in [-0.1, -0.05) is 54.2 Å². The van der Waals surface area contributed by atoms with Gasteiger partial charge in [-0.15, -0.1) is 23.4 Å². The third-order valence-corrected chi connectivity index (χ3v) is 5.88. The molecule has 1 aliphatic rings. The second-order valence-electron chi connectivity index (χ2n) is 7.06. The maximum atomic E-state index is 12.3. The summed E-state index contributed by atoms with van der Waals surface area (Å²) in [5.41, 5.74) is 2.07. The molecular weight excluding hydrogens is 399 g/mol. The van der Waals surface area contributed by atoms with Gasteiger partial charge >= 0.3 is 6.36 Å². The molecule has 152 valence electrons. The van der Waals surface area contributed by atoms with E-state index in [1.165, 1.54) is 17.7 Å². The van der Waals surface area contributed by atoms with Crippen molar-refractivity contribution in [2.45, 2.75) is 49.0 Å². The van der Waals surface area contributed by atoms with Gasteiger partial charge in [-0.05, 0) is 43.0 Å². The molecule has 0 bridgehead atoms. The van der Waals surface area contributed by atoms with Crippen LogP contribution < -0.4 is 4.74 Å². The van der Waals surface area contributed by atoms with Crippen molar-refractivity contribution >= 4 is 11.8 Å². The summed E-state index contributed by atoms with van der Waals surface area (Å²) in [6.07, 6.45) is -2.42. The van der Waals surface area contributed by atoms with Gasteiger partial charge in [-0.3, -0.25) is 0 Å². The first-order valence-corrected chi connectivity index (χ1v) is 10.3. The highest BCUT2D eigenvalue weighted by Crippen LogP contribution is 2.42. The number of hydrogen-bond acceptors (Lipinski definition) is 4. The van der Waals surface area contributed by atoms with Crippen molar-refractivity contribution in [3.05, 3.63) is 71.5 Å². The standard InChI is InChI=1S/C21H20F3N3OS/c1-14(16-9-11-18(12-10-16)28-21(22,23)24)29-20-26-25-19(17-7-8-17)27(20)13-15-5-3-2-4-6-15/h2-6,9-12,14,17H,7-8,13H2,1H3. The van der Waals surface area contributed by atoms with Gasteiger partial charge in [0.2, 0.25) is 0 Å². The number of thioether (sulfide) groups is 1.